The Bertz CT molecular complexity index is 489. The van der Waals surface area contributed by atoms with Gasteiger partial charge in [0, 0.05) is 19.3 Å². The van der Waals surface area contributed by atoms with E-state index in [1.165, 1.54) is 0 Å². The number of aromatic nitrogens is 1. The Morgan fingerprint density at radius 1 is 1.32 bits per heavy atom. The molecule has 0 saturated heterocycles. The topological polar surface area (TPSA) is 73.4 Å². The molecule has 1 heterocycles. The summed E-state index contributed by atoms with van der Waals surface area (Å²) in [5.74, 6) is -0.637. The van der Waals surface area contributed by atoms with Crippen molar-refractivity contribution in [3.05, 3.63) is 22.5 Å². The van der Waals surface area contributed by atoms with Gasteiger partial charge in [-0.2, -0.15) is 0 Å². The van der Waals surface area contributed by atoms with Gasteiger partial charge in [-0.1, -0.05) is 13.8 Å². The molecule has 5 heteroatoms. The van der Waals surface area contributed by atoms with Crippen molar-refractivity contribution < 1.29 is 14.7 Å². The lowest BCUT2D eigenvalue weighted by Gasteiger charge is -2.18. The van der Waals surface area contributed by atoms with Crippen molar-refractivity contribution in [1.29, 1.82) is 0 Å². The van der Waals surface area contributed by atoms with E-state index in [-0.39, 0.29) is 11.6 Å². The lowest BCUT2D eigenvalue weighted by Crippen LogP contribution is -2.29. The van der Waals surface area contributed by atoms with Crippen LogP contribution in [0.2, 0.25) is 0 Å². The summed E-state index contributed by atoms with van der Waals surface area (Å²) in [5, 5.41) is 9.04. The maximum atomic E-state index is 12.3. The van der Waals surface area contributed by atoms with Crippen LogP contribution < -0.4 is 0 Å². The fourth-order valence-corrected chi connectivity index (χ4v) is 2.03. The molecule has 0 unspecified atom stereocenters. The van der Waals surface area contributed by atoms with Crippen molar-refractivity contribution in [1.82, 2.24) is 9.88 Å². The van der Waals surface area contributed by atoms with E-state index in [1.807, 2.05) is 0 Å². The average Bonchev–Trinajstić information content (AvgIpc) is 2.61. The normalized spacial score (nSPS) is 10.8. The van der Waals surface area contributed by atoms with Gasteiger partial charge in [0.15, 0.2) is 0 Å². The molecule has 0 aliphatic rings. The van der Waals surface area contributed by atoms with Gasteiger partial charge in [0.1, 0.15) is 5.69 Å². The van der Waals surface area contributed by atoms with Crippen molar-refractivity contribution in [2.75, 3.05) is 13.6 Å². The Labute approximate surface area is 113 Å². The molecule has 0 saturated carbocycles. The summed E-state index contributed by atoms with van der Waals surface area (Å²) in [6.45, 7) is 8.27. The van der Waals surface area contributed by atoms with Crippen LogP contribution >= 0.6 is 0 Å². The Hall–Kier alpha value is -1.78. The van der Waals surface area contributed by atoms with E-state index in [0.717, 1.165) is 6.42 Å². The highest BCUT2D eigenvalue weighted by molar-refractivity contribution is 6.00. The fraction of sp³-hybridized carbons (Fsp3) is 0.571. The number of aryl methyl sites for hydroxylation is 1. The molecule has 1 aromatic heterocycles. The van der Waals surface area contributed by atoms with Crippen LogP contribution in [0, 0.1) is 19.8 Å². The second-order valence-corrected chi connectivity index (χ2v) is 5.34. The fourth-order valence-electron chi connectivity index (χ4n) is 2.03. The van der Waals surface area contributed by atoms with Crippen LogP contribution in [0.5, 0.6) is 0 Å². The molecule has 0 bridgehead atoms. The van der Waals surface area contributed by atoms with E-state index in [2.05, 4.69) is 18.8 Å². The summed E-state index contributed by atoms with van der Waals surface area (Å²) >= 11 is 0. The van der Waals surface area contributed by atoms with E-state index in [9.17, 15) is 9.59 Å². The Balaban J connectivity index is 2.97. The number of nitrogens with one attached hydrogen (secondary N) is 1. The third-order valence-corrected chi connectivity index (χ3v) is 3.25. The maximum absolute atomic E-state index is 12.3. The van der Waals surface area contributed by atoms with E-state index in [0.29, 0.717) is 29.3 Å². The molecule has 19 heavy (non-hydrogen) atoms. The van der Waals surface area contributed by atoms with Crippen molar-refractivity contribution in [2.45, 2.75) is 34.1 Å². The minimum atomic E-state index is -1.04. The third kappa shape index (κ3) is 3.36. The van der Waals surface area contributed by atoms with Crippen LogP contribution in [0.25, 0.3) is 0 Å². The van der Waals surface area contributed by atoms with Crippen LogP contribution in [0.4, 0.5) is 0 Å². The third-order valence-electron chi connectivity index (χ3n) is 3.25. The highest BCUT2D eigenvalue weighted by Crippen LogP contribution is 2.19. The number of aromatic amines is 1. The molecule has 106 valence electrons. The van der Waals surface area contributed by atoms with Gasteiger partial charge in [0.05, 0.1) is 5.56 Å². The number of aromatic carboxylic acids is 1. The molecule has 1 aromatic rings. The van der Waals surface area contributed by atoms with Gasteiger partial charge in [0.25, 0.3) is 5.91 Å². The highest BCUT2D eigenvalue weighted by Gasteiger charge is 2.23. The first-order valence-corrected chi connectivity index (χ1v) is 6.43. The predicted octanol–water partition coefficient (Wildman–Crippen LogP) is 2.45. The molecule has 0 aliphatic heterocycles. The number of hydrogen-bond donors (Lipinski definition) is 2. The number of amides is 1. The summed E-state index contributed by atoms with van der Waals surface area (Å²) < 4.78 is 0. The minimum Gasteiger partial charge on any atom is -0.477 e. The number of H-pyrrole nitrogens is 1. The molecule has 0 radical (unpaired) electrons. The molecule has 2 N–H and O–H groups in total. The standard InChI is InChI=1S/C14H22N2O3/c1-8(2)6-7-16(5)13(17)11-9(3)12(14(18)19)15-10(11)4/h8,15H,6-7H2,1-5H3,(H,18,19). The number of rotatable bonds is 5. The molecule has 0 fully saturated rings. The zero-order valence-electron chi connectivity index (χ0n) is 12.2. The largest absolute Gasteiger partial charge is 0.477 e. The van der Waals surface area contributed by atoms with Crippen LogP contribution in [-0.2, 0) is 0 Å². The van der Waals surface area contributed by atoms with Crippen molar-refractivity contribution >= 4 is 11.9 Å². The Morgan fingerprint density at radius 3 is 2.32 bits per heavy atom. The van der Waals surface area contributed by atoms with E-state index in [1.54, 1.807) is 25.8 Å². The Kier molecular flexibility index (Phi) is 4.75. The molecule has 1 amide bonds. The monoisotopic (exact) mass is 266 g/mol. The number of hydrogen-bond acceptors (Lipinski definition) is 2. The highest BCUT2D eigenvalue weighted by atomic mass is 16.4. The average molecular weight is 266 g/mol. The first-order valence-electron chi connectivity index (χ1n) is 6.43. The minimum absolute atomic E-state index is 0.0955. The molecule has 0 aliphatic carbocycles. The zero-order chi connectivity index (χ0) is 14.7. The van der Waals surface area contributed by atoms with Gasteiger partial charge < -0.3 is 15.0 Å². The first-order chi connectivity index (χ1) is 8.75. The Morgan fingerprint density at radius 2 is 1.89 bits per heavy atom. The molecule has 0 spiro atoms. The quantitative estimate of drug-likeness (QED) is 0.859. The smallest absolute Gasteiger partial charge is 0.352 e. The van der Waals surface area contributed by atoms with E-state index < -0.39 is 5.97 Å². The summed E-state index contributed by atoms with van der Waals surface area (Å²) in [4.78, 5) is 27.8. The molecule has 5 nitrogen and oxygen atoms in total. The summed E-state index contributed by atoms with van der Waals surface area (Å²) in [7, 11) is 1.75. The number of carbonyl (C=O) groups is 2. The second-order valence-electron chi connectivity index (χ2n) is 5.34. The van der Waals surface area contributed by atoms with Crippen LogP contribution in [-0.4, -0.2) is 40.5 Å². The summed E-state index contributed by atoms with van der Waals surface area (Å²) in [6.07, 6.45) is 0.927. The summed E-state index contributed by atoms with van der Waals surface area (Å²) in [5.41, 5.74) is 1.68. The van der Waals surface area contributed by atoms with Crippen LogP contribution in [0.15, 0.2) is 0 Å². The van der Waals surface area contributed by atoms with Crippen molar-refractivity contribution in [2.24, 2.45) is 5.92 Å². The van der Waals surface area contributed by atoms with Gasteiger partial charge in [-0.05, 0) is 31.7 Å². The lowest BCUT2D eigenvalue weighted by atomic mass is 10.1. The van der Waals surface area contributed by atoms with Crippen molar-refractivity contribution in [3.63, 3.8) is 0 Å². The van der Waals surface area contributed by atoms with Crippen LogP contribution in [0.3, 0.4) is 0 Å². The van der Waals surface area contributed by atoms with Gasteiger partial charge in [-0.3, -0.25) is 4.79 Å². The SMILES string of the molecule is Cc1[nH]c(C(=O)O)c(C)c1C(=O)N(C)CCC(C)C. The molecule has 1 rings (SSSR count). The number of carboxylic acids is 1. The molecular formula is C14H22N2O3. The predicted molar refractivity (Wildman–Crippen MR) is 73.6 cm³/mol. The molecular weight excluding hydrogens is 244 g/mol. The molecule has 0 aromatic carbocycles. The van der Waals surface area contributed by atoms with E-state index in [4.69, 9.17) is 5.11 Å². The summed E-state index contributed by atoms with van der Waals surface area (Å²) in [6, 6.07) is 0. The van der Waals surface area contributed by atoms with Gasteiger partial charge in [0.2, 0.25) is 0 Å². The maximum Gasteiger partial charge on any atom is 0.352 e. The van der Waals surface area contributed by atoms with Gasteiger partial charge >= 0.3 is 5.97 Å². The number of carbonyl (C=O) groups excluding carboxylic acids is 1. The van der Waals surface area contributed by atoms with E-state index >= 15 is 0 Å². The number of nitrogens with zero attached hydrogens (tertiary/aromatic N) is 1. The second kappa shape index (κ2) is 5.91. The first kappa shape index (κ1) is 15.3. The zero-order valence-corrected chi connectivity index (χ0v) is 12.2. The molecule has 0 atom stereocenters. The lowest BCUT2D eigenvalue weighted by molar-refractivity contribution is 0.0690. The van der Waals surface area contributed by atoms with Crippen molar-refractivity contribution in [3.8, 4) is 0 Å². The van der Waals surface area contributed by atoms with Crippen LogP contribution in [0.1, 0.15) is 52.4 Å². The van der Waals surface area contributed by atoms with Gasteiger partial charge in [-0.25, -0.2) is 4.79 Å². The van der Waals surface area contributed by atoms with Gasteiger partial charge in [-0.15, -0.1) is 0 Å². The number of carboxylic acid groups (broad SMARTS) is 1.